The zero-order valence-electron chi connectivity index (χ0n) is 8.37. The summed E-state index contributed by atoms with van der Waals surface area (Å²) in [5, 5.41) is 5.56. The van der Waals surface area contributed by atoms with Crippen LogP contribution in [0.3, 0.4) is 0 Å². The third-order valence-corrected chi connectivity index (χ3v) is 1.95. The maximum Gasteiger partial charge on any atom is 0.180 e. The summed E-state index contributed by atoms with van der Waals surface area (Å²) in [5.41, 5.74) is 11.4. The van der Waals surface area contributed by atoms with Crippen molar-refractivity contribution in [3.63, 3.8) is 0 Å². The Labute approximate surface area is 83.4 Å². The highest BCUT2D eigenvalue weighted by atomic mass is 32.1. The van der Waals surface area contributed by atoms with Crippen molar-refractivity contribution in [3.8, 4) is 0 Å². The van der Waals surface area contributed by atoms with E-state index in [0.29, 0.717) is 17.8 Å². The lowest BCUT2D eigenvalue weighted by molar-refractivity contribution is 0.602. The Morgan fingerprint density at radius 1 is 1.62 bits per heavy atom. The van der Waals surface area contributed by atoms with Crippen molar-refractivity contribution in [1.29, 1.82) is 0 Å². The van der Waals surface area contributed by atoms with E-state index < -0.39 is 0 Å². The van der Waals surface area contributed by atoms with Gasteiger partial charge in [0.1, 0.15) is 0 Å². The quantitative estimate of drug-likeness (QED) is 0.624. The number of aromatic nitrogens is 1. The summed E-state index contributed by atoms with van der Waals surface area (Å²) in [5.74, 6) is 0. The van der Waals surface area contributed by atoms with Crippen LogP contribution in [0, 0.1) is 6.92 Å². The maximum atomic E-state index is 5.29. The molecule has 0 amide bonds. The van der Waals surface area contributed by atoms with Crippen molar-refractivity contribution in [2.45, 2.75) is 26.8 Å². The monoisotopic (exact) mass is 202 g/mol. The number of hydrogen-bond donors (Lipinski definition) is 3. The van der Waals surface area contributed by atoms with Gasteiger partial charge in [0.2, 0.25) is 0 Å². The van der Waals surface area contributed by atoms with E-state index >= 15 is 0 Å². The summed E-state index contributed by atoms with van der Waals surface area (Å²) in [6, 6.07) is 0.523. The summed E-state index contributed by atoms with van der Waals surface area (Å²) in [6.07, 6.45) is 0. The summed E-state index contributed by atoms with van der Waals surface area (Å²) in [4.78, 5) is 3.91. The number of thiazole rings is 1. The smallest absolute Gasteiger partial charge is 0.180 e. The molecule has 0 saturated carbocycles. The van der Waals surface area contributed by atoms with Gasteiger partial charge in [0.15, 0.2) is 5.13 Å². The maximum absolute atomic E-state index is 5.29. The molecule has 0 saturated heterocycles. The van der Waals surface area contributed by atoms with Crippen molar-refractivity contribution < 1.29 is 0 Å². The fourth-order valence-electron chi connectivity index (χ4n) is 0.608. The summed E-state index contributed by atoms with van der Waals surface area (Å²) in [6.45, 7) is 6.63. The van der Waals surface area contributed by atoms with E-state index in [1.54, 1.807) is 0 Å². The third-order valence-electron chi connectivity index (χ3n) is 1.16. The van der Waals surface area contributed by atoms with Crippen molar-refractivity contribution in [3.05, 3.63) is 11.1 Å². The normalized spacial score (nSPS) is 9.62. The lowest BCUT2D eigenvalue weighted by Crippen LogP contribution is -2.28. The summed E-state index contributed by atoms with van der Waals surface area (Å²) in [7, 11) is 0. The van der Waals surface area contributed by atoms with Gasteiger partial charge in [-0.3, -0.25) is 0 Å². The second-order valence-electron chi connectivity index (χ2n) is 2.89. The van der Waals surface area contributed by atoms with E-state index in [-0.39, 0.29) is 0 Å². The Bertz CT molecular complexity index is 205. The average Bonchev–Trinajstić information content (AvgIpc) is 2.35. The standard InChI is InChI=1S/C4H6N2S.C4H12N2/c1-3-2-7-4(5)6-3;1-4(2)6-3-5/h2H,1H3,(H2,5,6);4,6H,3,5H2,1-2H3. The van der Waals surface area contributed by atoms with Crippen LogP contribution in [0.5, 0.6) is 0 Å². The second kappa shape index (κ2) is 6.82. The number of nitrogens with one attached hydrogen (secondary N) is 1. The molecule has 0 spiro atoms. The van der Waals surface area contributed by atoms with E-state index in [0.717, 1.165) is 5.69 Å². The van der Waals surface area contributed by atoms with Crippen molar-refractivity contribution in [2.75, 3.05) is 12.4 Å². The molecule has 0 aliphatic heterocycles. The first-order valence-electron chi connectivity index (χ1n) is 4.17. The van der Waals surface area contributed by atoms with Gasteiger partial charge in [-0.05, 0) is 20.8 Å². The van der Waals surface area contributed by atoms with Crippen LogP contribution in [0.4, 0.5) is 5.13 Å². The van der Waals surface area contributed by atoms with Crippen LogP contribution in [-0.4, -0.2) is 17.7 Å². The average molecular weight is 202 g/mol. The van der Waals surface area contributed by atoms with Crippen molar-refractivity contribution >= 4 is 16.5 Å². The Morgan fingerprint density at radius 3 is 2.31 bits per heavy atom. The molecule has 0 radical (unpaired) electrons. The van der Waals surface area contributed by atoms with Crippen LogP contribution in [0.2, 0.25) is 0 Å². The van der Waals surface area contributed by atoms with Gasteiger partial charge in [0, 0.05) is 18.1 Å². The zero-order chi connectivity index (χ0) is 10.3. The minimum Gasteiger partial charge on any atom is -0.375 e. The number of aryl methyl sites for hydroxylation is 1. The van der Waals surface area contributed by atoms with E-state index in [1.165, 1.54) is 11.3 Å². The van der Waals surface area contributed by atoms with Gasteiger partial charge in [-0.2, -0.15) is 0 Å². The number of anilines is 1. The van der Waals surface area contributed by atoms with E-state index in [9.17, 15) is 0 Å². The highest BCUT2D eigenvalue weighted by Crippen LogP contribution is 2.08. The van der Waals surface area contributed by atoms with Crippen LogP contribution < -0.4 is 16.8 Å². The van der Waals surface area contributed by atoms with E-state index in [1.807, 2.05) is 12.3 Å². The number of nitrogen functional groups attached to an aromatic ring is 1. The second-order valence-corrected chi connectivity index (χ2v) is 3.78. The molecule has 5 heteroatoms. The molecule has 76 valence electrons. The Balaban J connectivity index is 0.000000226. The molecule has 5 N–H and O–H groups in total. The zero-order valence-corrected chi connectivity index (χ0v) is 9.19. The topological polar surface area (TPSA) is 77.0 Å². The molecule has 1 rings (SSSR count). The Kier molecular flexibility index (Phi) is 6.48. The molecule has 0 bridgehead atoms. The van der Waals surface area contributed by atoms with Crippen molar-refractivity contribution in [2.24, 2.45) is 5.73 Å². The first kappa shape index (κ1) is 12.3. The fourth-order valence-corrected chi connectivity index (χ4v) is 1.15. The van der Waals surface area contributed by atoms with Gasteiger partial charge in [-0.1, -0.05) is 0 Å². The molecule has 0 atom stereocenters. The predicted octanol–water partition coefficient (Wildman–Crippen LogP) is 0.934. The molecule has 0 aromatic carbocycles. The van der Waals surface area contributed by atoms with E-state index in [2.05, 4.69) is 24.1 Å². The van der Waals surface area contributed by atoms with Gasteiger partial charge in [0.25, 0.3) is 0 Å². The number of nitrogens with zero attached hydrogens (tertiary/aromatic N) is 1. The number of hydrogen-bond acceptors (Lipinski definition) is 5. The van der Waals surface area contributed by atoms with Gasteiger partial charge in [-0.25, -0.2) is 4.98 Å². The van der Waals surface area contributed by atoms with Gasteiger partial charge in [0.05, 0.1) is 5.69 Å². The molecular weight excluding hydrogens is 184 g/mol. The molecule has 0 fully saturated rings. The van der Waals surface area contributed by atoms with Crippen LogP contribution >= 0.6 is 11.3 Å². The van der Waals surface area contributed by atoms with Crippen molar-refractivity contribution in [1.82, 2.24) is 10.3 Å². The minimum absolute atomic E-state index is 0.523. The van der Waals surface area contributed by atoms with Gasteiger partial charge < -0.3 is 16.8 Å². The highest BCUT2D eigenvalue weighted by molar-refractivity contribution is 7.13. The largest absolute Gasteiger partial charge is 0.375 e. The number of rotatable bonds is 2. The molecule has 0 aliphatic rings. The molecule has 1 aromatic heterocycles. The van der Waals surface area contributed by atoms with Crippen LogP contribution in [0.1, 0.15) is 19.5 Å². The SMILES string of the molecule is CC(C)NCN.Cc1csc(N)n1. The third kappa shape index (κ3) is 7.70. The van der Waals surface area contributed by atoms with Crippen LogP contribution in [0.25, 0.3) is 0 Å². The Morgan fingerprint density at radius 2 is 2.23 bits per heavy atom. The fraction of sp³-hybridized carbons (Fsp3) is 0.625. The summed E-state index contributed by atoms with van der Waals surface area (Å²) < 4.78 is 0. The minimum atomic E-state index is 0.523. The first-order valence-corrected chi connectivity index (χ1v) is 5.05. The molecule has 0 unspecified atom stereocenters. The lowest BCUT2D eigenvalue weighted by Gasteiger charge is -2.00. The predicted molar refractivity (Wildman–Crippen MR) is 58.6 cm³/mol. The first-order chi connectivity index (χ1) is 6.06. The highest BCUT2D eigenvalue weighted by Gasteiger charge is 1.86. The Hall–Kier alpha value is -0.650. The lowest BCUT2D eigenvalue weighted by atomic mass is 10.4. The number of nitrogens with two attached hydrogens (primary N) is 2. The molecule has 1 heterocycles. The summed E-state index contributed by atoms with van der Waals surface area (Å²) >= 11 is 1.47. The van der Waals surface area contributed by atoms with Gasteiger partial charge >= 0.3 is 0 Å². The molecular formula is C8H18N4S. The molecule has 4 nitrogen and oxygen atoms in total. The van der Waals surface area contributed by atoms with Crippen LogP contribution in [0.15, 0.2) is 5.38 Å². The molecule has 1 aromatic rings. The van der Waals surface area contributed by atoms with Gasteiger partial charge in [-0.15, -0.1) is 11.3 Å². The van der Waals surface area contributed by atoms with Crippen LogP contribution in [-0.2, 0) is 0 Å². The molecule has 13 heavy (non-hydrogen) atoms. The van der Waals surface area contributed by atoms with E-state index in [4.69, 9.17) is 11.5 Å². The molecule has 0 aliphatic carbocycles.